The van der Waals surface area contributed by atoms with Crippen LogP contribution in [0, 0.1) is 5.92 Å². The number of nitrogens with one attached hydrogen (secondary N) is 2. The van der Waals surface area contributed by atoms with E-state index in [0.29, 0.717) is 13.1 Å². The van der Waals surface area contributed by atoms with E-state index in [1.807, 2.05) is 0 Å². The van der Waals surface area contributed by atoms with E-state index in [0.717, 1.165) is 31.5 Å². The highest BCUT2D eigenvalue weighted by atomic mass is 16.1. The SMILES string of the molecule is CCCC(CN)C(=O)NCCCc1ncc[nH]1. The van der Waals surface area contributed by atoms with E-state index in [9.17, 15) is 4.79 Å². The van der Waals surface area contributed by atoms with Crippen LogP contribution in [0.15, 0.2) is 12.4 Å². The van der Waals surface area contributed by atoms with Crippen molar-refractivity contribution in [2.45, 2.75) is 32.6 Å². The number of nitrogens with zero attached hydrogens (tertiary/aromatic N) is 1. The third kappa shape index (κ3) is 4.99. The fraction of sp³-hybridized carbons (Fsp3) is 0.667. The number of rotatable bonds is 8. The quantitative estimate of drug-likeness (QED) is 0.587. The molecule has 0 fully saturated rings. The van der Waals surface area contributed by atoms with Crippen molar-refractivity contribution in [2.75, 3.05) is 13.1 Å². The molecule has 0 saturated heterocycles. The van der Waals surface area contributed by atoms with Crippen LogP contribution in [-0.2, 0) is 11.2 Å². The van der Waals surface area contributed by atoms with Gasteiger partial charge in [0.1, 0.15) is 5.82 Å². The van der Waals surface area contributed by atoms with E-state index in [4.69, 9.17) is 5.73 Å². The molecule has 1 amide bonds. The molecule has 0 saturated carbocycles. The van der Waals surface area contributed by atoms with Gasteiger partial charge in [-0.3, -0.25) is 4.79 Å². The number of imidazole rings is 1. The van der Waals surface area contributed by atoms with E-state index in [1.165, 1.54) is 0 Å². The van der Waals surface area contributed by atoms with Crippen LogP contribution in [0.5, 0.6) is 0 Å². The summed E-state index contributed by atoms with van der Waals surface area (Å²) in [5.74, 6) is 1.00. The highest BCUT2D eigenvalue weighted by Crippen LogP contribution is 2.04. The van der Waals surface area contributed by atoms with Crippen molar-refractivity contribution >= 4 is 5.91 Å². The Labute approximate surface area is 102 Å². The van der Waals surface area contributed by atoms with Gasteiger partial charge >= 0.3 is 0 Å². The number of carbonyl (C=O) groups excluding carboxylic acids is 1. The van der Waals surface area contributed by atoms with Gasteiger partial charge in [-0.25, -0.2) is 4.98 Å². The van der Waals surface area contributed by atoms with Crippen LogP contribution in [0.2, 0.25) is 0 Å². The number of nitrogens with two attached hydrogens (primary N) is 1. The number of aromatic amines is 1. The minimum absolute atomic E-state index is 0.0383. The Bertz CT molecular complexity index is 310. The summed E-state index contributed by atoms with van der Waals surface area (Å²) in [6.45, 7) is 3.17. The topological polar surface area (TPSA) is 83.8 Å². The molecule has 0 bridgehead atoms. The van der Waals surface area contributed by atoms with Crippen LogP contribution >= 0.6 is 0 Å². The van der Waals surface area contributed by atoms with Crippen molar-refractivity contribution in [1.82, 2.24) is 15.3 Å². The van der Waals surface area contributed by atoms with Crippen molar-refractivity contribution in [2.24, 2.45) is 11.7 Å². The molecule has 1 aromatic rings. The molecule has 0 aliphatic carbocycles. The van der Waals surface area contributed by atoms with Gasteiger partial charge in [-0.2, -0.15) is 0 Å². The van der Waals surface area contributed by atoms with E-state index < -0.39 is 0 Å². The summed E-state index contributed by atoms with van der Waals surface area (Å²) in [6.07, 6.45) is 7.14. The molecule has 0 radical (unpaired) electrons. The lowest BCUT2D eigenvalue weighted by molar-refractivity contribution is -0.124. The van der Waals surface area contributed by atoms with Crippen molar-refractivity contribution in [3.8, 4) is 0 Å². The van der Waals surface area contributed by atoms with Crippen LogP contribution < -0.4 is 11.1 Å². The van der Waals surface area contributed by atoms with Gasteiger partial charge in [0, 0.05) is 31.9 Å². The summed E-state index contributed by atoms with van der Waals surface area (Å²) < 4.78 is 0. The molecule has 5 heteroatoms. The molecule has 0 spiro atoms. The number of aromatic nitrogens is 2. The van der Waals surface area contributed by atoms with Crippen LogP contribution in [0.1, 0.15) is 32.0 Å². The third-order valence-electron chi connectivity index (χ3n) is 2.74. The van der Waals surface area contributed by atoms with Gasteiger partial charge in [0.15, 0.2) is 0 Å². The van der Waals surface area contributed by atoms with E-state index >= 15 is 0 Å². The maximum absolute atomic E-state index is 11.7. The summed E-state index contributed by atoms with van der Waals surface area (Å²) in [4.78, 5) is 18.9. The lowest BCUT2D eigenvalue weighted by Crippen LogP contribution is -2.35. The number of hydrogen-bond acceptors (Lipinski definition) is 3. The van der Waals surface area contributed by atoms with E-state index in [1.54, 1.807) is 12.4 Å². The van der Waals surface area contributed by atoms with Gasteiger partial charge in [0.2, 0.25) is 5.91 Å². The first-order valence-corrected chi connectivity index (χ1v) is 6.24. The molecule has 0 aliphatic rings. The largest absolute Gasteiger partial charge is 0.356 e. The van der Waals surface area contributed by atoms with Crippen LogP contribution in [0.4, 0.5) is 0 Å². The zero-order chi connectivity index (χ0) is 12.5. The number of hydrogen-bond donors (Lipinski definition) is 3. The molecular weight excluding hydrogens is 216 g/mol. The second-order valence-corrected chi connectivity index (χ2v) is 4.15. The maximum Gasteiger partial charge on any atom is 0.224 e. The summed E-state index contributed by atoms with van der Waals surface area (Å²) >= 11 is 0. The zero-order valence-electron chi connectivity index (χ0n) is 10.4. The minimum Gasteiger partial charge on any atom is -0.356 e. The average Bonchev–Trinajstić information content (AvgIpc) is 2.84. The first kappa shape index (κ1) is 13.7. The van der Waals surface area contributed by atoms with Crippen LogP contribution in [0.25, 0.3) is 0 Å². The number of H-pyrrole nitrogens is 1. The van der Waals surface area contributed by atoms with Gasteiger partial charge in [0.25, 0.3) is 0 Å². The Morgan fingerprint density at radius 1 is 1.65 bits per heavy atom. The summed E-state index contributed by atoms with van der Waals surface area (Å²) in [7, 11) is 0. The van der Waals surface area contributed by atoms with Crippen LogP contribution in [0.3, 0.4) is 0 Å². The molecule has 4 N–H and O–H groups in total. The van der Waals surface area contributed by atoms with Gasteiger partial charge in [0.05, 0.1) is 5.92 Å². The Morgan fingerprint density at radius 3 is 3.06 bits per heavy atom. The predicted octanol–water partition coefficient (Wildman–Crippen LogP) is 0.833. The Kier molecular flexibility index (Phi) is 6.32. The smallest absolute Gasteiger partial charge is 0.224 e. The normalized spacial score (nSPS) is 12.4. The molecule has 96 valence electrons. The summed E-state index contributed by atoms with van der Waals surface area (Å²) in [5, 5.41) is 2.92. The monoisotopic (exact) mass is 238 g/mol. The van der Waals surface area contributed by atoms with Gasteiger partial charge in [-0.1, -0.05) is 13.3 Å². The molecular formula is C12H22N4O. The van der Waals surface area contributed by atoms with E-state index in [2.05, 4.69) is 22.2 Å². The molecule has 0 aliphatic heterocycles. The second kappa shape index (κ2) is 7.84. The fourth-order valence-corrected chi connectivity index (χ4v) is 1.75. The Hall–Kier alpha value is -1.36. The molecule has 1 aromatic heterocycles. The Morgan fingerprint density at radius 2 is 2.47 bits per heavy atom. The van der Waals surface area contributed by atoms with Gasteiger partial charge < -0.3 is 16.0 Å². The first-order valence-electron chi connectivity index (χ1n) is 6.24. The molecule has 1 heterocycles. The summed E-state index contributed by atoms with van der Waals surface area (Å²) in [6, 6.07) is 0. The zero-order valence-corrected chi connectivity index (χ0v) is 10.4. The first-order chi connectivity index (χ1) is 8.27. The van der Waals surface area contributed by atoms with Crippen molar-refractivity contribution in [1.29, 1.82) is 0 Å². The molecule has 1 unspecified atom stereocenters. The molecule has 1 atom stereocenters. The van der Waals surface area contributed by atoms with Gasteiger partial charge in [-0.05, 0) is 12.8 Å². The Balaban J connectivity index is 2.14. The second-order valence-electron chi connectivity index (χ2n) is 4.15. The third-order valence-corrected chi connectivity index (χ3v) is 2.74. The number of amides is 1. The predicted molar refractivity (Wildman–Crippen MR) is 67.4 cm³/mol. The molecule has 0 aromatic carbocycles. The fourth-order valence-electron chi connectivity index (χ4n) is 1.75. The average molecular weight is 238 g/mol. The molecule has 17 heavy (non-hydrogen) atoms. The van der Waals surface area contributed by atoms with Crippen molar-refractivity contribution in [3.05, 3.63) is 18.2 Å². The van der Waals surface area contributed by atoms with Gasteiger partial charge in [-0.15, -0.1) is 0 Å². The number of aryl methyl sites for hydroxylation is 1. The maximum atomic E-state index is 11.7. The molecule has 5 nitrogen and oxygen atoms in total. The highest BCUT2D eigenvalue weighted by Gasteiger charge is 2.14. The molecule has 1 rings (SSSR count). The van der Waals surface area contributed by atoms with E-state index in [-0.39, 0.29) is 11.8 Å². The highest BCUT2D eigenvalue weighted by molar-refractivity contribution is 5.78. The lowest BCUT2D eigenvalue weighted by atomic mass is 10.0. The van der Waals surface area contributed by atoms with Crippen molar-refractivity contribution in [3.63, 3.8) is 0 Å². The number of carbonyl (C=O) groups is 1. The minimum atomic E-state index is -0.0383. The van der Waals surface area contributed by atoms with Crippen molar-refractivity contribution < 1.29 is 4.79 Å². The lowest BCUT2D eigenvalue weighted by Gasteiger charge is -2.13. The summed E-state index contributed by atoms with van der Waals surface area (Å²) in [5.41, 5.74) is 5.57. The van der Waals surface area contributed by atoms with Crippen LogP contribution in [-0.4, -0.2) is 29.0 Å². The standard InChI is InChI=1S/C12H22N4O/c1-2-4-10(9-13)12(17)16-6-3-5-11-14-7-8-15-11/h7-8,10H,2-6,9,13H2,1H3,(H,14,15)(H,16,17).